The molecular formula is C29H43N3O5. The minimum atomic E-state index is -0.884. The van der Waals surface area contributed by atoms with Gasteiger partial charge in [0.2, 0.25) is 11.8 Å². The van der Waals surface area contributed by atoms with Crippen LogP contribution in [-0.4, -0.2) is 46.6 Å². The Balaban J connectivity index is 1.33. The van der Waals surface area contributed by atoms with Gasteiger partial charge in [-0.25, -0.2) is 4.79 Å². The lowest BCUT2D eigenvalue weighted by molar-refractivity contribution is -0.203. The highest BCUT2D eigenvalue weighted by Crippen LogP contribution is 2.70. The molecule has 0 spiro atoms. The molecule has 204 valence electrons. The molecule has 2 amide bonds. The second-order valence-electron chi connectivity index (χ2n) is 13.0. The lowest BCUT2D eigenvalue weighted by Gasteiger charge is -2.64. The molecule has 0 radical (unpaired) electrons. The minimum Gasteiger partial charge on any atom is -0.431 e. The zero-order valence-corrected chi connectivity index (χ0v) is 22.4. The summed E-state index contributed by atoms with van der Waals surface area (Å²) in [5, 5.41) is 12.4. The number of nitrogens with zero attached hydrogens (tertiary/aromatic N) is 1. The molecular weight excluding hydrogens is 470 g/mol. The molecule has 1 aromatic rings. The van der Waals surface area contributed by atoms with Crippen LogP contribution in [0.3, 0.4) is 0 Å². The Bertz CT molecular complexity index is 1100. The molecule has 0 saturated heterocycles. The molecule has 8 heteroatoms. The fourth-order valence-electron chi connectivity index (χ4n) is 9.40. The van der Waals surface area contributed by atoms with E-state index < -0.39 is 17.6 Å². The van der Waals surface area contributed by atoms with Crippen LogP contribution in [0.2, 0.25) is 0 Å². The zero-order chi connectivity index (χ0) is 26.8. The molecule has 9 atom stereocenters. The molecule has 37 heavy (non-hydrogen) atoms. The van der Waals surface area contributed by atoms with Crippen LogP contribution in [0.1, 0.15) is 89.5 Å². The first kappa shape index (κ1) is 26.4. The lowest BCUT2D eigenvalue weighted by atomic mass is 9.43. The molecule has 1 aromatic heterocycles. The van der Waals surface area contributed by atoms with Crippen LogP contribution < -0.4 is 17.1 Å². The average molecular weight is 514 g/mol. The lowest BCUT2D eigenvalue weighted by Crippen LogP contribution is -2.62. The molecule has 8 nitrogen and oxygen atoms in total. The number of hydrogen-bond donors (Lipinski definition) is 3. The van der Waals surface area contributed by atoms with Crippen molar-refractivity contribution >= 4 is 11.8 Å². The molecule has 0 unspecified atom stereocenters. The molecule has 5 N–H and O–H groups in total. The number of rotatable bonds is 5. The van der Waals surface area contributed by atoms with E-state index in [9.17, 15) is 19.5 Å². The molecule has 4 aliphatic carbocycles. The summed E-state index contributed by atoms with van der Waals surface area (Å²) in [5.41, 5.74) is 11.1. The van der Waals surface area contributed by atoms with E-state index in [-0.39, 0.29) is 46.7 Å². The topological polar surface area (TPSA) is 140 Å². The maximum absolute atomic E-state index is 12.9. The van der Waals surface area contributed by atoms with E-state index in [1.54, 1.807) is 18.2 Å². The highest BCUT2D eigenvalue weighted by Gasteiger charge is 2.67. The monoisotopic (exact) mass is 513 g/mol. The van der Waals surface area contributed by atoms with Crippen molar-refractivity contribution in [3.8, 4) is 0 Å². The first-order chi connectivity index (χ1) is 17.4. The van der Waals surface area contributed by atoms with Crippen LogP contribution in [0.4, 0.5) is 0 Å². The predicted octanol–water partition coefficient (Wildman–Crippen LogP) is 2.91. The number of nitrogens with two attached hydrogens (primary N) is 2. The van der Waals surface area contributed by atoms with Crippen LogP contribution in [0, 0.1) is 28.6 Å². The van der Waals surface area contributed by atoms with Crippen LogP contribution in [0.5, 0.6) is 0 Å². The van der Waals surface area contributed by atoms with Crippen molar-refractivity contribution in [2.75, 3.05) is 7.05 Å². The standard InChI is InChI=1S/C29H43N3O5/c1-27-11-8-19(32(3)26(35)23(30)15-24(31)33)14-18(27)5-6-22-21(27)9-12-28(2)20(10-13-29(22,28)36)17-4-7-25(34)37-16-17/h4,7,16,18-23,36H,5-6,8-15,30H2,1-3H3,(H2,31,33)/t18-,19+,20-,21+,22-,23+,27+,28-,29+/m1/s1. The van der Waals surface area contributed by atoms with Gasteiger partial charge < -0.3 is 25.9 Å². The third-order valence-corrected chi connectivity index (χ3v) is 11.6. The van der Waals surface area contributed by atoms with Gasteiger partial charge >= 0.3 is 5.63 Å². The Morgan fingerprint density at radius 3 is 2.54 bits per heavy atom. The molecule has 4 aliphatic rings. The summed E-state index contributed by atoms with van der Waals surface area (Å²) in [7, 11) is 1.81. The molecule has 4 fully saturated rings. The number of hydrogen-bond acceptors (Lipinski definition) is 6. The van der Waals surface area contributed by atoms with E-state index in [4.69, 9.17) is 15.9 Å². The van der Waals surface area contributed by atoms with Crippen molar-refractivity contribution in [1.82, 2.24) is 4.90 Å². The van der Waals surface area contributed by atoms with Crippen molar-refractivity contribution < 1.29 is 19.1 Å². The summed E-state index contributed by atoms with van der Waals surface area (Å²) >= 11 is 0. The van der Waals surface area contributed by atoms with E-state index in [1.165, 1.54) is 6.07 Å². The number of amides is 2. The zero-order valence-electron chi connectivity index (χ0n) is 22.4. The molecule has 0 aromatic carbocycles. The van der Waals surface area contributed by atoms with Gasteiger partial charge in [0.15, 0.2) is 0 Å². The maximum Gasteiger partial charge on any atom is 0.335 e. The SMILES string of the molecule is CN(C(=O)[C@@H](N)CC(N)=O)[C@H]1CC[C@@]2(C)[C@H](CC[C@@H]3[C@@H]2CC[C@]2(C)[C@@H](c4ccc(=O)oc4)CC[C@]32O)C1. The normalized spacial score (nSPS) is 41.7. The molecule has 0 aliphatic heterocycles. The molecule has 1 heterocycles. The van der Waals surface area contributed by atoms with E-state index in [2.05, 4.69) is 13.8 Å². The Morgan fingerprint density at radius 1 is 1.11 bits per heavy atom. The van der Waals surface area contributed by atoms with Gasteiger partial charge in [-0.3, -0.25) is 9.59 Å². The fraction of sp³-hybridized carbons (Fsp3) is 0.759. The van der Waals surface area contributed by atoms with Gasteiger partial charge in [0.25, 0.3) is 0 Å². The second-order valence-corrected chi connectivity index (χ2v) is 13.0. The van der Waals surface area contributed by atoms with Crippen LogP contribution in [0.15, 0.2) is 27.6 Å². The van der Waals surface area contributed by atoms with Gasteiger partial charge in [-0.2, -0.15) is 0 Å². The summed E-state index contributed by atoms with van der Waals surface area (Å²) in [4.78, 5) is 37.4. The first-order valence-electron chi connectivity index (χ1n) is 14.0. The number of primary amides is 1. The number of fused-ring (bicyclic) bond motifs is 5. The van der Waals surface area contributed by atoms with Gasteiger partial charge in [-0.1, -0.05) is 13.8 Å². The average Bonchev–Trinajstić information content (AvgIpc) is 3.14. The van der Waals surface area contributed by atoms with Crippen LogP contribution in [-0.2, 0) is 9.59 Å². The van der Waals surface area contributed by atoms with Crippen LogP contribution >= 0.6 is 0 Å². The van der Waals surface area contributed by atoms with Crippen molar-refractivity contribution in [2.45, 2.75) is 102 Å². The number of aliphatic hydroxyl groups is 1. The summed E-state index contributed by atoms with van der Waals surface area (Å²) < 4.78 is 5.21. The summed E-state index contributed by atoms with van der Waals surface area (Å²) in [5.74, 6) is 0.621. The van der Waals surface area contributed by atoms with E-state index in [0.717, 1.165) is 63.4 Å². The number of carbonyl (C=O) groups is 2. The van der Waals surface area contributed by atoms with E-state index >= 15 is 0 Å². The Labute approximate surface area is 219 Å². The molecule has 5 rings (SSSR count). The summed E-state index contributed by atoms with van der Waals surface area (Å²) in [6.45, 7) is 4.68. The predicted molar refractivity (Wildman–Crippen MR) is 139 cm³/mol. The first-order valence-corrected chi connectivity index (χ1v) is 14.0. The van der Waals surface area contributed by atoms with Gasteiger partial charge in [0, 0.05) is 24.6 Å². The highest BCUT2D eigenvalue weighted by molar-refractivity contribution is 5.87. The van der Waals surface area contributed by atoms with Gasteiger partial charge in [0.05, 0.1) is 24.3 Å². The molecule has 0 bridgehead atoms. The smallest absolute Gasteiger partial charge is 0.335 e. The van der Waals surface area contributed by atoms with Gasteiger partial charge in [0.1, 0.15) is 0 Å². The maximum atomic E-state index is 12.9. The third-order valence-electron chi connectivity index (χ3n) is 11.6. The van der Waals surface area contributed by atoms with Crippen molar-refractivity contribution in [3.63, 3.8) is 0 Å². The Hall–Kier alpha value is -2.19. The van der Waals surface area contributed by atoms with Crippen molar-refractivity contribution in [2.24, 2.45) is 40.1 Å². The minimum absolute atomic E-state index is 0.113. The second kappa shape index (κ2) is 9.23. The van der Waals surface area contributed by atoms with Crippen LogP contribution in [0.25, 0.3) is 0 Å². The Morgan fingerprint density at radius 2 is 1.86 bits per heavy atom. The van der Waals surface area contributed by atoms with E-state index in [1.807, 2.05) is 6.07 Å². The summed E-state index contributed by atoms with van der Waals surface area (Å²) in [6.07, 6.45) is 10.1. The molecule has 4 saturated carbocycles. The van der Waals surface area contributed by atoms with Crippen molar-refractivity contribution in [3.05, 3.63) is 34.4 Å². The van der Waals surface area contributed by atoms with Crippen molar-refractivity contribution in [1.29, 1.82) is 0 Å². The largest absolute Gasteiger partial charge is 0.431 e. The number of carbonyl (C=O) groups excluding carboxylic acids is 2. The number of likely N-dealkylation sites (N-methyl/N-ethyl adjacent to an activating group) is 1. The fourth-order valence-corrected chi connectivity index (χ4v) is 9.40. The highest BCUT2D eigenvalue weighted by atomic mass is 16.4. The summed E-state index contributed by atoms with van der Waals surface area (Å²) in [6, 6.07) is 2.60. The van der Waals surface area contributed by atoms with Gasteiger partial charge in [-0.05, 0) is 98.5 Å². The van der Waals surface area contributed by atoms with Gasteiger partial charge in [-0.15, -0.1) is 0 Å². The third kappa shape index (κ3) is 4.06. The quantitative estimate of drug-likeness (QED) is 0.553. The Kier molecular flexibility index (Phi) is 6.59. The van der Waals surface area contributed by atoms with E-state index in [0.29, 0.717) is 11.8 Å².